The molecule has 4 saturated carbocycles. The van der Waals surface area contributed by atoms with E-state index in [0.29, 0.717) is 66.2 Å². The first-order valence-electron chi connectivity index (χ1n) is 16.3. The molecular weight excluding hydrogens is 553 g/mol. The van der Waals surface area contributed by atoms with Crippen molar-refractivity contribution in [1.29, 1.82) is 0 Å². The van der Waals surface area contributed by atoms with E-state index in [2.05, 4.69) is 10.2 Å². The average molecular weight is 596 g/mol. The first kappa shape index (κ1) is 28.9. The third-order valence-electron chi connectivity index (χ3n) is 10.5. The van der Waals surface area contributed by atoms with Gasteiger partial charge in [-0.2, -0.15) is 0 Å². The fourth-order valence-electron chi connectivity index (χ4n) is 8.85. The molecule has 0 atom stereocenters. The van der Waals surface area contributed by atoms with Gasteiger partial charge in [-0.15, -0.1) is 0 Å². The van der Waals surface area contributed by atoms with E-state index in [-0.39, 0.29) is 11.8 Å². The zero-order chi connectivity index (χ0) is 30.3. The second-order valence-electron chi connectivity index (χ2n) is 13.6. The van der Waals surface area contributed by atoms with Gasteiger partial charge in [0.15, 0.2) is 0 Å². The Bertz CT molecular complexity index is 1490. The molecule has 6 nitrogen and oxygen atoms in total. The van der Waals surface area contributed by atoms with Crippen LogP contribution in [0.1, 0.15) is 66.2 Å². The van der Waals surface area contributed by atoms with Gasteiger partial charge in [0.1, 0.15) is 11.6 Å². The summed E-state index contributed by atoms with van der Waals surface area (Å²) < 4.78 is 20.7. The number of anilines is 1. The van der Waals surface area contributed by atoms with Gasteiger partial charge in [-0.3, -0.25) is 9.59 Å². The molecule has 0 radical (unpaired) electrons. The number of carbonyl (C=O) groups is 2. The quantitative estimate of drug-likeness (QED) is 0.311. The summed E-state index contributed by atoms with van der Waals surface area (Å²) in [5.74, 6) is 2.75. The number of piperazine rings is 1. The summed E-state index contributed by atoms with van der Waals surface area (Å²) in [4.78, 5) is 30.3. The number of rotatable bonds is 8. The molecule has 1 heterocycles. The summed E-state index contributed by atoms with van der Waals surface area (Å²) in [6, 6.07) is 19.9. The fraction of sp³-hybridized carbons (Fsp3) is 0.459. The van der Waals surface area contributed by atoms with Crippen LogP contribution in [0.3, 0.4) is 0 Å². The summed E-state index contributed by atoms with van der Waals surface area (Å²) in [6.45, 7) is 5.70. The number of amides is 2. The highest BCUT2D eigenvalue weighted by Crippen LogP contribution is 2.59. The maximum atomic E-state index is 15.1. The first-order chi connectivity index (χ1) is 21.4. The number of halogens is 1. The van der Waals surface area contributed by atoms with Crippen molar-refractivity contribution in [3.05, 3.63) is 83.7 Å². The molecule has 44 heavy (non-hydrogen) atoms. The highest BCUT2D eigenvalue weighted by atomic mass is 19.1. The normalized spacial score (nSPS) is 25.6. The Morgan fingerprint density at radius 3 is 2.16 bits per heavy atom. The minimum absolute atomic E-state index is 0.0166. The van der Waals surface area contributed by atoms with Crippen molar-refractivity contribution in [3.63, 3.8) is 0 Å². The minimum Gasteiger partial charge on any atom is -0.494 e. The van der Waals surface area contributed by atoms with Gasteiger partial charge in [0.2, 0.25) is 0 Å². The van der Waals surface area contributed by atoms with E-state index in [4.69, 9.17) is 4.74 Å². The van der Waals surface area contributed by atoms with Crippen LogP contribution in [0.2, 0.25) is 0 Å². The predicted molar refractivity (Wildman–Crippen MR) is 171 cm³/mol. The van der Waals surface area contributed by atoms with Gasteiger partial charge >= 0.3 is 0 Å². The van der Waals surface area contributed by atoms with Crippen LogP contribution in [0, 0.1) is 29.0 Å². The number of benzene rings is 3. The van der Waals surface area contributed by atoms with E-state index < -0.39 is 5.82 Å². The lowest BCUT2D eigenvalue weighted by Gasteiger charge is -2.56. The highest BCUT2D eigenvalue weighted by Gasteiger charge is 2.50. The van der Waals surface area contributed by atoms with Gasteiger partial charge in [-0.25, -0.2) is 4.39 Å². The van der Waals surface area contributed by atoms with Crippen LogP contribution in [0.5, 0.6) is 5.75 Å². The Morgan fingerprint density at radius 2 is 1.52 bits per heavy atom. The summed E-state index contributed by atoms with van der Waals surface area (Å²) in [6.07, 6.45) is 8.10. The molecule has 1 saturated heterocycles. The van der Waals surface area contributed by atoms with Crippen molar-refractivity contribution in [2.45, 2.75) is 45.4 Å². The molecule has 0 spiro atoms. The van der Waals surface area contributed by atoms with E-state index in [1.165, 1.54) is 44.6 Å². The molecule has 0 aromatic heterocycles. The van der Waals surface area contributed by atoms with Crippen molar-refractivity contribution in [2.24, 2.45) is 23.2 Å². The Labute approximate surface area is 259 Å². The smallest absolute Gasteiger partial charge is 0.254 e. The number of hydrogen-bond donors (Lipinski definition) is 1. The van der Waals surface area contributed by atoms with Crippen LogP contribution in [-0.2, 0) is 0 Å². The SMILES string of the molecule is CCOc1cccc(-c2ccc(C(=O)N3CCN(c4ccc(C(=O)NCC56CC7CC(CC(C7)C5)C6)cc4)CC3)cc2F)c1. The maximum Gasteiger partial charge on any atom is 0.254 e. The first-order valence-corrected chi connectivity index (χ1v) is 16.3. The largest absolute Gasteiger partial charge is 0.494 e. The molecule has 1 aliphatic heterocycles. The van der Waals surface area contributed by atoms with Gasteiger partial charge in [0.05, 0.1) is 6.61 Å². The van der Waals surface area contributed by atoms with Crippen molar-refractivity contribution in [3.8, 4) is 16.9 Å². The monoisotopic (exact) mass is 595 g/mol. The van der Waals surface area contributed by atoms with Crippen LogP contribution >= 0.6 is 0 Å². The van der Waals surface area contributed by atoms with Gasteiger partial charge in [0.25, 0.3) is 11.8 Å². The summed E-state index contributed by atoms with van der Waals surface area (Å²) >= 11 is 0. The molecule has 2 amide bonds. The molecule has 5 aliphatic rings. The summed E-state index contributed by atoms with van der Waals surface area (Å²) in [5, 5.41) is 3.28. The van der Waals surface area contributed by atoms with E-state index in [1.807, 2.05) is 55.5 Å². The summed E-state index contributed by atoms with van der Waals surface area (Å²) in [5.41, 5.74) is 3.57. The summed E-state index contributed by atoms with van der Waals surface area (Å²) in [7, 11) is 0. The van der Waals surface area contributed by atoms with Crippen molar-refractivity contribution < 1.29 is 18.7 Å². The van der Waals surface area contributed by atoms with Crippen molar-refractivity contribution >= 4 is 17.5 Å². The number of carbonyl (C=O) groups excluding carboxylic acids is 2. The van der Waals surface area contributed by atoms with Crippen molar-refractivity contribution in [2.75, 3.05) is 44.2 Å². The zero-order valence-corrected chi connectivity index (χ0v) is 25.6. The van der Waals surface area contributed by atoms with Crippen LogP contribution in [0.25, 0.3) is 11.1 Å². The molecule has 4 bridgehead atoms. The van der Waals surface area contributed by atoms with Crippen LogP contribution in [0.15, 0.2) is 66.7 Å². The second-order valence-corrected chi connectivity index (χ2v) is 13.6. The Morgan fingerprint density at radius 1 is 0.864 bits per heavy atom. The Hall–Kier alpha value is -3.87. The van der Waals surface area contributed by atoms with Crippen LogP contribution < -0.4 is 15.0 Å². The van der Waals surface area contributed by atoms with Crippen molar-refractivity contribution in [1.82, 2.24) is 10.2 Å². The van der Waals surface area contributed by atoms with Gasteiger partial charge in [-0.05, 0) is 123 Å². The molecule has 3 aromatic carbocycles. The zero-order valence-electron chi connectivity index (χ0n) is 25.6. The molecular formula is C37H42FN3O3. The molecule has 3 aromatic rings. The molecule has 8 rings (SSSR count). The van der Waals surface area contributed by atoms with Gasteiger partial charge in [-0.1, -0.05) is 18.2 Å². The highest BCUT2D eigenvalue weighted by molar-refractivity contribution is 5.95. The van der Waals surface area contributed by atoms with E-state index in [0.717, 1.165) is 30.0 Å². The second kappa shape index (κ2) is 11.9. The molecule has 5 fully saturated rings. The lowest BCUT2D eigenvalue weighted by molar-refractivity contribution is -0.0503. The average Bonchev–Trinajstić information content (AvgIpc) is 3.03. The topological polar surface area (TPSA) is 61.9 Å². The third-order valence-corrected chi connectivity index (χ3v) is 10.5. The van der Waals surface area contributed by atoms with Crippen LogP contribution in [-0.4, -0.2) is 56.0 Å². The predicted octanol–water partition coefficient (Wildman–Crippen LogP) is 6.80. The fourth-order valence-corrected chi connectivity index (χ4v) is 8.85. The van der Waals surface area contributed by atoms with E-state index >= 15 is 4.39 Å². The lowest BCUT2D eigenvalue weighted by Crippen LogP contribution is -2.51. The molecule has 0 unspecified atom stereocenters. The number of ether oxygens (including phenoxy) is 1. The van der Waals surface area contributed by atoms with E-state index in [9.17, 15) is 9.59 Å². The minimum atomic E-state index is -0.426. The maximum absolute atomic E-state index is 15.1. The number of hydrogen-bond acceptors (Lipinski definition) is 4. The standard InChI is InChI=1S/C37H42FN3O3/c1-2-44-32-5-3-4-29(19-32)33-11-8-30(20-34(33)38)36(43)41-14-12-40(13-15-41)31-9-6-28(7-10-31)35(42)39-24-37-21-25-16-26(22-37)18-27(17-25)23-37/h3-11,19-20,25-27H,2,12-18,21-24H2,1H3,(H,39,42). The molecule has 7 heteroatoms. The van der Waals surface area contributed by atoms with Gasteiger partial charge < -0.3 is 19.9 Å². The van der Waals surface area contributed by atoms with E-state index in [1.54, 1.807) is 17.0 Å². The molecule has 230 valence electrons. The molecule has 4 aliphatic carbocycles. The van der Waals surface area contributed by atoms with Crippen LogP contribution in [0.4, 0.5) is 10.1 Å². The number of nitrogens with one attached hydrogen (secondary N) is 1. The Kier molecular flexibility index (Phi) is 7.81. The Balaban J connectivity index is 0.922. The third kappa shape index (κ3) is 5.81. The van der Waals surface area contributed by atoms with Gasteiger partial charge in [0, 0.05) is 55.1 Å². The lowest BCUT2D eigenvalue weighted by atomic mass is 9.49. The molecule has 1 N–H and O–H groups in total. The number of nitrogens with zero attached hydrogens (tertiary/aromatic N) is 2.